The Morgan fingerprint density at radius 2 is 1.88 bits per heavy atom. The molecule has 2 N–H and O–H groups in total. The summed E-state index contributed by atoms with van der Waals surface area (Å²) in [6.07, 6.45) is -0.663. The van der Waals surface area contributed by atoms with Crippen LogP contribution in [0.25, 0.3) is 0 Å². The number of hydrogen-bond donors (Lipinski definition) is 1. The first-order valence-corrected chi connectivity index (χ1v) is 5.81. The molecule has 0 aromatic heterocycles. The molecule has 0 aliphatic heterocycles. The number of carbonyl (C=O) groups excluding carboxylic acids is 1. The van der Waals surface area contributed by atoms with E-state index >= 15 is 0 Å². The zero-order chi connectivity index (χ0) is 6.78. The molecule has 0 heterocycles. The smallest absolute Gasteiger partial charge is 0.390 e. The van der Waals surface area contributed by atoms with E-state index in [9.17, 15) is 4.79 Å². The van der Waals surface area contributed by atoms with Crippen LogP contribution in [0.4, 0.5) is 4.79 Å². The summed E-state index contributed by atoms with van der Waals surface area (Å²) >= 11 is 0. The number of carbonyl (C=O) groups is 1. The van der Waals surface area contributed by atoms with Crippen LogP contribution in [0.15, 0.2) is 0 Å². The molecule has 0 saturated carbocycles. The fraction of sp³-hybridized carbons (Fsp3) is 0.750. The minimum Gasteiger partial charge on any atom is -0.505 e. The standard InChI is InChI=1S/C4H11NO2Si/c1-8(2,3)7-4(5)6/h1-3H3,(H2,5,6). The Bertz CT molecular complexity index is 96.7. The molecule has 3 nitrogen and oxygen atoms in total. The van der Waals surface area contributed by atoms with Crippen molar-refractivity contribution in [3.63, 3.8) is 0 Å². The second kappa shape index (κ2) is 2.17. The second-order valence-electron chi connectivity index (χ2n) is 2.53. The molecule has 0 aromatic rings. The molecule has 4 heteroatoms. The summed E-state index contributed by atoms with van der Waals surface area (Å²) in [6.45, 7) is 5.70. The normalized spacial score (nSPS) is 10.9. The Kier molecular flexibility index (Phi) is 2.03. The van der Waals surface area contributed by atoms with Crippen molar-refractivity contribution >= 4 is 14.4 Å². The molecule has 0 spiro atoms. The van der Waals surface area contributed by atoms with Crippen LogP contribution in [0.2, 0.25) is 19.6 Å². The number of amides is 1. The van der Waals surface area contributed by atoms with Gasteiger partial charge in [0.25, 0.3) is 0 Å². The van der Waals surface area contributed by atoms with Crippen molar-refractivity contribution < 1.29 is 9.22 Å². The molecular formula is C4H11NO2Si. The van der Waals surface area contributed by atoms with Gasteiger partial charge in [-0.25, -0.2) is 4.79 Å². The van der Waals surface area contributed by atoms with Crippen LogP contribution in [-0.2, 0) is 4.43 Å². The Hall–Kier alpha value is -0.513. The lowest BCUT2D eigenvalue weighted by Gasteiger charge is -2.13. The van der Waals surface area contributed by atoms with Gasteiger partial charge in [-0.2, -0.15) is 0 Å². The topological polar surface area (TPSA) is 52.3 Å². The third-order valence-electron chi connectivity index (χ3n) is 0.407. The molecule has 1 amide bonds. The predicted octanol–water partition coefficient (Wildman–Crippen LogP) is 0.917. The van der Waals surface area contributed by atoms with E-state index in [1.165, 1.54) is 0 Å². The maximum Gasteiger partial charge on any atom is 0.390 e. The highest BCUT2D eigenvalue weighted by atomic mass is 28.4. The third-order valence-corrected chi connectivity index (χ3v) is 1.22. The van der Waals surface area contributed by atoms with Crippen LogP contribution in [-0.4, -0.2) is 14.4 Å². The summed E-state index contributed by atoms with van der Waals surface area (Å²) < 4.78 is 4.72. The number of nitrogens with two attached hydrogens (primary N) is 1. The molecule has 0 unspecified atom stereocenters. The van der Waals surface area contributed by atoms with Gasteiger partial charge in [0.15, 0.2) is 0 Å². The quantitative estimate of drug-likeness (QED) is 0.541. The van der Waals surface area contributed by atoms with Gasteiger partial charge in [0.05, 0.1) is 0 Å². The Morgan fingerprint density at radius 1 is 1.50 bits per heavy atom. The maximum absolute atomic E-state index is 10.0. The zero-order valence-electron chi connectivity index (χ0n) is 5.39. The van der Waals surface area contributed by atoms with Gasteiger partial charge < -0.3 is 10.2 Å². The Labute approximate surface area is 50.0 Å². The van der Waals surface area contributed by atoms with Crippen LogP contribution in [0.1, 0.15) is 0 Å². The first kappa shape index (κ1) is 7.49. The summed E-state index contributed by atoms with van der Waals surface area (Å²) in [6, 6.07) is 0. The van der Waals surface area contributed by atoms with E-state index in [1.54, 1.807) is 0 Å². The van der Waals surface area contributed by atoms with Gasteiger partial charge in [-0.05, 0) is 19.6 Å². The van der Waals surface area contributed by atoms with Gasteiger partial charge in [-0.1, -0.05) is 0 Å². The summed E-state index contributed by atoms with van der Waals surface area (Å²) in [5, 5.41) is 0. The molecule has 0 bridgehead atoms. The lowest BCUT2D eigenvalue weighted by molar-refractivity contribution is 0.209. The van der Waals surface area contributed by atoms with E-state index in [0.29, 0.717) is 0 Å². The number of rotatable bonds is 1. The lowest BCUT2D eigenvalue weighted by Crippen LogP contribution is -2.32. The predicted molar refractivity (Wildman–Crippen MR) is 34.0 cm³/mol. The van der Waals surface area contributed by atoms with E-state index in [2.05, 4.69) is 0 Å². The highest BCUT2D eigenvalue weighted by Crippen LogP contribution is 2.00. The summed E-state index contributed by atoms with van der Waals surface area (Å²) in [7, 11) is -1.69. The fourth-order valence-corrected chi connectivity index (χ4v) is 0.905. The monoisotopic (exact) mass is 133 g/mol. The fourth-order valence-electron chi connectivity index (χ4n) is 0.302. The molecule has 0 aromatic carbocycles. The first-order valence-electron chi connectivity index (χ1n) is 2.40. The van der Waals surface area contributed by atoms with Crippen LogP contribution >= 0.6 is 0 Å². The van der Waals surface area contributed by atoms with Crippen molar-refractivity contribution in [2.24, 2.45) is 5.73 Å². The lowest BCUT2D eigenvalue weighted by atomic mass is 11.3. The molecule has 0 radical (unpaired) electrons. The summed E-state index contributed by atoms with van der Waals surface area (Å²) in [4.78, 5) is 10.0. The molecule has 0 saturated heterocycles. The minimum atomic E-state index is -1.69. The molecule has 0 atom stereocenters. The second-order valence-corrected chi connectivity index (χ2v) is 6.96. The molecule has 0 rings (SSSR count). The van der Waals surface area contributed by atoms with Crippen LogP contribution in [0.3, 0.4) is 0 Å². The molecule has 0 aliphatic carbocycles. The van der Waals surface area contributed by atoms with Crippen molar-refractivity contribution in [3.05, 3.63) is 0 Å². The van der Waals surface area contributed by atoms with E-state index in [-0.39, 0.29) is 0 Å². The van der Waals surface area contributed by atoms with Gasteiger partial charge in [-0.15, -0.1) is 0 Å². The van der Waals surface area contributed by atoms with Crippen LogP contribution < -0.4 is 5.73 Å². The average molecular weight is 133 g/mol. The van der Waals surface area contributed by atoms with Gasteiger partial charge in [0.1, 0.15) is 0 Å². The Balaban J connectivity index is 3.55. The molecule has 0 fully saturated rings. The van der Waals surface area contributed by atoms with Crippen molar-refractivity contribution in [3.8, 4) is 0 Å². The van der Waals surface area contributed by atoms with E-state index < -0.39 is 14.4 Å². The maximum atomic E-state index is 10.0. The molecule has 8 heavy (non-hydrogen) atoms. The van der Waals surface area contributed by atoms with Crippen molar-refractivity contribution in [1.29, 1.82) is 0 Å². The summed E-state index contributed by atoms with van der Waals surface area (Å²) in [5.41, 5.74) is 4.75. The highest BCUT2D eigenvalue weighted by molar-refractivity contribution is 6.71. The minimum absolute atomic E-state index is 0.663. The van der Waals surface area contributed by atoms with Gasteiger partial charge >= 0.3 is 6.09 Å². The van der Waals surface area contributed by atoms with Gasteiger partial charge in [-0.3, -0.25) is 0 Å². The number of hydrogen-bond acceptors (Lipinski definition) is 2. The SMILES string of the molecule is C[Si](C)(C)OC(N)=O. The van der Waals surface area contributed by atoms with Crippen molar-refractivity contribution in [2.75, 3.05) is 0 Å². The van der Waals surface area contributed by atoms with E-state index in [0.717, 1.165) is 0 Å². The van der Waals surface area contributed by atoms with Crippen LogP contribution in [0, 0.1) is 0 Å². The molecule has 0 aliphatic rings. The van der Waals surface area contributed by atoms with Crippen LogP contribution in [0.5, 0.6) is 0 Å². The van der Waals surface area contributed by atoms with E-state index in [1.807, 2.05) is 19.6 Å². The first-order chi connectivity index (χ1) is 3.42. The largest absolute Gasteiger partial charge is 0.505 e. The number of primary amides is 1. The van der Waals surface area contributed by atoms with Gasteiger partial charge in [0, 0.05) is 0 Å². The van der Waals surface area contributed by atoms with Crippen molar-refractivity contribution in [1.82, 2.24) is 0 Å². The summed E-state index contributed by atoms with van der Waals surface area (Å²) in [5.74, 6) is 0. The molecular weight excluding hydrogens is 122 g/mol. The van der Waals surface area contributed by atoms with Gasteiger partial charge in [0.2, 0.25) is 8.32 Å². The Morgan fingerprint density at radius 3 is 1.88 bits per heavy atom. The highest BCUT2D eigenvalue weighted by Gasteiger charge is 2.17. The zero-order valence-corrected chi connectivity index (χ0v) is 6.39. The third kappa shape index (κ3) is 5.49. The van der Waals surface area contributed by atoms with Crippen molar-refractivity contribution in [2.45, 2.75) is 19.6 Å². The average Bonchev–Trinajstić information content (AvgIpc) is 1.21. The van der Waals surface area contributed by atoms with E-state index in [4.69, 9.17) is 10.2 Å². The molecule has 48 valence electrons.